The van der Waals surface area contributed by atoms with Crippen molar-refractivity contribution in [3.05, 3.63) is 47.3 Å². The van der Waals surface area contributed by atoms with Crippen molar-refractivity contribution in [2.45, 2.75) is 26.4 Å². The first-order chi connectivity index (χ1) is 11.9. The molecule has 0 aliphatic carbocycles. The molecule has 3 heterocycles. The summed E-state index contributed by atoms with van der Waals surface area (Å²) >= 11 is 0. The molecule has 4 rings (SSSR count). The van der Waals surface area contributed by atoms with Gasteiger partial charge in [-0.25, -0.2) is 9.97 Å². The van der Waals surface area contributed by atoms with Gasteiger partial charge in [-0.05, 0) is 26.3 Å². The number of H-pyrrole nitrogens is 2. The maximum atomic E-state index is 10.1. The minimum atomic E-state index is -0.911. The van der Waals surface area contributed by atoms with Crippen molar-refractivity contribution >= 4 is 21.9 Å². The highest BCUT2D eigenvalue weighted by Gasteiger charge is 2.21. The Morgan fingerprint density at radius 2 is 1.88 bits per heavy atom. The average molecular weight is 331 g/mol. The third-order valence-electron chi connectivity index (χ3n) is 4.50. The predicted octanol–water partition coefficient (Wildman–Crippen LogP) is 3.51. The molecule has 124 valence electrons. The minimum Gasteiger partial charge on any atom is -0.386 e. The van der Waals surface area contributed by atoms with Crippen LogP contribution in [-0.2, 0) is 5.60 Å². The van der Waals surface area contributed by atoms with Crippen LogP contribution in [-0.4, -0.2) is 25.3 Å². The summed E-state index contributed by atoms with van der Waals surface area (Å²) in [5.74, 6) is 0. The van der Waals surface area contributed by atoms with Gasteiger partial charge in [0.1, 0.15) is 6.07 Å². The molecule has 0 amide bonds. The number of nitriles is 1. The van der Waals surface area contributed by atoms with Crippen molar-refractivity contribution in [3.8, 4) is 17.3 Å². The topological polar surface area (TPSA) is 101 Å². The van der Waals surface area contributed by atoms with E-state index in [1.54, 1.807) is 13.8 Å². The van der Waals surface area contributed by atoms with Gasteiger partial charge >= 0.3 is 0 Å². The summed E-state index contributed by atoms with van der Waals surface area (Å²) in [6.07, 6.45) is 1.84. The fraction of sp³-hybridized carbons (Fsp3) is 0.211. The van der Waals surface area contributed by atoms with Crippen LogP contribution >= 0.6 is 0 Å². The van der Waals surface area contributed by atoms with E-state index in [0.717, 1.165) is 33.1 Å². The number of aliphatic hydroxyl groups is 1. The fourth-order valence-electron chi connectivity index (χ4n) is 3.14. The number of nitrogens with one attached hydrogen (secondary N) is 2. The molecule has 1 aromatic carbocycles. The summed E-state index contributed by atoms with van der Waals surface area (Å²) in [6, 6.07) is 9.74. The number of benzene rings is 1. The van der Waals surface area contributed by atoms with E-state index in [9.17, 15) is 10.4 Å². The van der Waals surface area contributed by atoms with E-state index in [2.05, 4.69) is 26.2 Å². The molecule has 4 aromatic rings. The molecular weight excluding hydrogens is 314 g/mol. The maximum absolute atomic E-state index is 10.1. The maximum Gasteiger partial charge on any atom is 0.163 e. The molecular formula is C19H17N5O. The molecule has 6 nitrogen and oxygen atoms in total. The van der Waals surface area contributed by atoms with Gasteiger partial charge in [-0.2, -0.15) is 5.26 Å². The molecule has 3 aromatic heterocycles. The van der Waals surface area contributed by atoms with Gasteiger partial charge in [0.25, 0.3) is 0 Å². The molecule has 0 fully saturated rings. The van der Waals surface area contributed by atoms with E-state index >= 15 is 0 Å². The third kappa shape index (κ3) is 2.29. The van der Waals surface area contributed by atoms with Crippen LogP contribution < -0.4 is 0 Å². The van der Waals surface area contributed by atoms with Crippen molar-refractivity contribution in [2.24, 2.45) is 0 Å². The number of pyridine rings is 1. The van der Waals surface area contributed by atoms with E-state index in [1.165, 1.54) is 0 Å². The predicted molar refractivity (Wildman–Crippen MR) is 95.9 cm³/mol. The van der Waals surface area contributed by atoms with Crippen LogP contribution in [0.4, 0.5) is 0 Å². The smallest absolute Gasteiger partial charge is 0.163 e. The van der Waals surface area contributed by atoms with Crippen molar-refractivity contribution in [3.63, 3.8) is 0 Å². The lowest BCUT2D eigenvalue weighted by atomic mass is 9.96. The van der Waals surface area contributed by atoms with E-state index in [4.69, 9.17) is 0 Å². The second-order valence-electron chi connectivity index (χ2n) is 6.68. The molecule has 6 heteroatoms. The largest absolute Gasteiger partial charge is 0.386 e. The van der Waals surface area contributed by atoms with E-state index in [1.807, 2.05) is 37.4 Å². The van der Waals surface area contributed by atoms with Crippen LogP contribution in [0, 0.1) is 18.3 Å². The van der Waals surface area contributed by atoms with E-state index < -0.39 is 5.60 Å². The molecule has 25 heavy (non-hydrogen) atoms. The lowest BCUT2D eigenvalue weighted by molar-refractivity contribution is 0.0786. The van der Waals surface area contributed by atoms with Gasteiger partial charge in [0.05, 0.1) is 33.5 Å². The molecule has 0 saturated carbocycles. The summed E-state index contributed by atoms with van der Waals surface area (Å²) < 4.78 is 0. The zero-order valence-corrected chi connectivity index (χ0v) is 14.2. The van der Waals surface area contributed by atoms with Crippen LogP contribution in [0.25, 0.3) is 33.2 Å². The normalized spacial score (nSPS) is 12.0. The number of fused-ring (bicyclic) bond motifs is 3. The zero-order valence-electron chi connectivity index (χ0n) is 14.2. The van der Waals surface area contributed by atoms with Gasteiger partial charge in [0.2, 0.25) is 0 Å². The molecule has 0 aliphatic rings. The Morgan fingerprint density at radius 1 is 1.16 bits per heavy atom. The monoisotopic (exact) mass is 331 g/mol. The van der Waals surface area contributed by atoms with Crippen molar-refractivity contribution in [1.82, 2.24) is 20.2 Å². The number of aromatic amines is 2. The second-order valence-corrected chi connectivity index (χ2v) is 6.68. The summed E-state index contributed by atoms with van der Waals surface area (Å²) in [4.78, 5) is 9.15. The van der Waals surface area contributed by atoms with Crippen molar-refractivity contribution < 1.29 is 5.11 Å². The lowest BCUT2D eigenvalue weighted by Gasteiger charge is -2.17. The Kier molecular flexibility index (Phi) is 3.17. The number of nitrogens with zero attached hydrogens (tertiary/aromatic N) is 3. The highest BCUT2D eigenvalue weighted by Crippen LogP contribution is 2.34. The Balaban J connectivity index is 1.98. The highest BCUT2D eigenvalue weighted by atomic mass is 16.3. The van der Waals surface area contributed by atoms with E-state index in [0.29, 0.717) is 16.9 Å². The quantitative estimate of drug-likeness (QED) is 0.523. The van der Waals surface area contributed by atoms with Gasteiger partial charge in [-0.3, -0.25) is 5.10 Å². The van der Waals surface area contributed by atoms with Crippen LogP contribution in [0.15, 0.2) is 30.5 Å². The van der Waals surface area contributed by atoms with Gasteiger partial charge < -0.3 is 10.2 Å². The van der Waals surface area contributed by atoms with Crippen LogP contribution in [0.5, 0.6) is 0 Å². The average Bonchev–Trinajstić information content (AvgIpc) is 3.18. The standard InChI is InChI=1S/C19H17N5O/c1-10-14-9-21-24-17(14)15-13(8-20)16(23-18(15)22-10)11-4-6-12(7-5-11)19(2,3)25/h4-7,9,21,24-25H,1-3H3. The highest BCUT2D eigenvalue weighted by molar-refractivity contribution is 6.08. The molecule has 0 aliphatic heterocycles. The Morgan fingerprint density at radius 3 is 2.52 bits per heavy atom. The molecule has 0 unspecified atom stereocenters. The van der Waals surface area contributed by atoms with Crippen molar-refractivity contribution in [2.75, 3.05) is 0 Å². The summed E-state index contributed by atoms with van der Waals surface area (Å²) in [6.45, 7) is 5.40. The van der Waals surface area contributed by atoms with Gasteiger partial charge in [-0.1, -0.05) is 24.3 Å². The number of aryl methyl sites for hydroxylation is 1. The van der Waals surface area contributed by atoms with Crippen LogP contribution in [0.3, 0.4) is 0 Å². The van der Waals surface area contributed by atoms with E-state index in [-0.39, 0.29) is 0 Å². The van der Waals surface area contributed by atoms with Gasteiger partial charge in [-0.15, -0.1) is 0 Å². The SMILES string of the molecule is Cc1nc2nc(-c3ccc(C(C)(C)O)cc3)c(C#N)c2c2[nH][nH]cc12. The number of hydrogen-bond donors (Lipinski definition) is 3. The first kappa shape index (κ1) is 15.4. The fourth-order valence-corrected chi connectivity index (χ4v) is 3.14. The zero-order chi connectivity index (χ0) is 17.8. The second kappa shape index (κ2) is 5.16. The molecule has 0 spiro atoms. The third-order valence-corrected chi connectivity index (χ3v) is 4.50. The van der Waals surface area contributed by atoms with Gasteiger partial charge in [0, 0.05) is 17.1 Å². The first-order valence-corrected chi connectivity index (χ1v) is 7.99. The molecule has 3 N–H and O–H groups in total. The lowest BCUT2D eigenvalue weighted by Crippen LogP contribution is -2.14. The summed E-state index contributed by atoms with van der Waals surface area (Å²) in [5, 5.41) is 27.6. The molecule has 0 bridgehead atoms. The molecule has 0 radical (unpaired) electrons. The summed E-state index contributed by atoms with van der Waals surface area (Å²) in [5.41, 5.74) is 4.07. The molecule has 0 atom stereocenters. The number of aromatic nitrogens is 4. The Bertz CT molecular complexity index is 1140. The molecule has 0 saturated heterocycles. The minimum absolute atomic E-state index is 0.499. The summed E-state index contributed by atoms with van der Waals surface area (Å²) in [7, 11) is 0. The first-order valence-electron chi connectivity index (χ1n) is 7.99. The van der Waals surface area contributed by atoms with Crippen molar-refractivity contribution in [1.29, 1.82) is 5.26 Å². The Hall–Kier alpha value is -3.17. The number of rotatable bonds is 2. The number of hydrogen-bond acceptors (Lipinski definition) is 4. The van der Waals surface area contributed by atoms with Gasteiger partial charge in [0.15, 0.2) is 5.65 Å². The Labute approximate surface area is 144 Å². The van der Waals surface area contributed by atoms with Crippen LogP contribution in [0.2, 0.25) is 0 Å². The van der Waals surface area contributed by atoms with Crippen LogP contribution in [0.1, 0.15) is 30.7 Å².